The Balaban J connectivity index is 1.74. The number of amides is 2. The molecule has 4 rings (SSSR count). The van der Waals surface area contributed by atoms with Crippen molar-refractivity contribution in [1.29, 1.82) is 0 Å². The molecular formula is C27H32N4O6S. The molecule has 0 radical (unpaired) electrons. The minimum atomic E-state index is -4.51. The van der Waals surface area contributed by atoms with Crippen molar-refractivity contribution in [2.45, 2.75) is 57.1 Å². The number of aromatic nitrogens is 1. The van der Waals surface area contributed by atoms with Gasteiger partial charge in [-0.15, -0.1) is 0 Å². The van der Waals surface area contributed by atoms with Gasteiger partial charge in [0.15, 0.2) is 16.6 Å². The Labute approximate surface area is 221 Å². The lowest BCUT2D eigenvalue weighted by molar-refractivity contribution is -0.135. The Bertz CT molecular complexity index is 1430. The number of hydrogen-bond donors (Lipinski definition) is 2. The van der Waals surface area contributed by atoms with Gasteiger partial charge >= 0.3 is 0 Å². The number of hydrogen-bond acceptors (Lipinski definition) is 8. The quantitative estimate of drug-likeness (QED) is 0.445. The van der Waals surface area contributed by atoms with Crippen molar-refractivity contribution in [1.82, 2.24) is 19.9 Å². The van der Waals surface area contributed by atoms with Gasteiger partial charge in [-0.3, -0.25) is 14.4 Å². The first-order valence-corrected chi connectivity index (χ1v) is 14.1. The molecule has 3 heterocycles. The van der Waals surface area contributed by atoms with E-state index in [4.69, 9.17) is 4.42 Å². The maximum absolute atomic E-state index is 14.1. The molecule has 1 saturated heterocycles. The minimum absolute atomic E-state index is 0.0432. The molecule has 0 spiro atoms. The summed E-state index contributed by atoms with van der Waals surface area (Å²) >= 11 is 0. The average molecular weight is 541 g/mol. The van der Waals surface area contributed by atoms with E-state index in [0.717, 1.165) is 5.39 Å². The van der Waals surface area contributed by atoms with E-state index in [1.807, 2.05) is 26.0 Å². The Morgan fingerprint density at radius 2 is 1.92 bits per heavy atom. The molecule has 38 heavy (non-hydrogen) atoms. The summed E-state index contributed by atoms with van der Waals surface area (Å²) in [6.07, 6.45) is 2.12. The van der Waals surface area contributed by atoms with Gasteiger partial charge in [0, 0.05) is 17.1 Å². The van der Waals surface area contributed by atoms with E-state index in [1.165, 1.54) is 18.3 Å². The van der Waals surface area contributed by atoms with Crippen LogP contribution in [0.5, 0.6) is 0 Å². The lowest BCUT2D eigenvalue weighted by atomic mass is 10.0. The number of pyridine rings is 1. The largest absolute Gasteiger partial charge is 0.451 e. The number of fused-ring (bicyclic) bond motifs is 1. The number of furan rings is 1. The standard InChI is InChI=1S/C27H32N4O6S/c1-17(2)15-20(30-26(33)25-18(3)19-9-4-5-11-23(19)37-25)27(34)31(21-10-8-13-28-16-22(21)32)38(35,36)24-12-6-7-14-29-24/h4-7,9,11-12,14,17,20-21,28H,8,10,13,15-16H2,1-3H3,(H,30,33)/t20?,21-/m0/s1. The number of nitrogens with one attached hydrogen (secondary N) is 2. The maximum atomic E-state index is 14.1. The molecule has 1 aromatic carbocycles. The summed E-state index contributed by atoms with van der Waals surface area (Å²) in [6, 6.07) is 9.08. The first-order chi connectivity index (χ1) is 18.1. The van der Waals surface area contributed by atoms with Gasteiger partial charge in [0.2, 0.25) is 0 Å². The topological polar surface area (TPSA) is 139 Å². The van der Waals surface area contributed by atoms with Crippen LogP contribution in [-0.4, -0.2) is 60.5 Å². The van der Waals surface area contributed by atoms with E-state index in [2.05, 4.69) is 15.6 Å². The summed E-state index contributed by atoms with van der Waals surface area (Å²) in [5, 5.41) is 6.09. The number of sulfonamides is 1. The molecule has 1 aliphatic heterocycles. The van der Waals surface area contributed by atoms with Gasteiger partial charge in [0.25, 0.3) is 21.8 Å². The van der Waals surface area contributed by atoms with Crippen LogP contribution in [0.3, 0.4) is 0 Å². The zero-order valence-electron chi connectivity index (χ0n) is 21.6. The minimum Gasteiger partial charge on any atom is -0.451 e. The van der Waals surface area contributed by atoms with Crippen molar-refractivity contribution in [2.75, 3.05) is 13.1 Å². The Morgan fingerprint density at radius 3 is 2.61 bits per heavy atom. The van der Waals surface area contributed by atoms with E-state index < -0.39 is 39.7 Å². The maximum Gasteiger partial charge on any atom is 0.287 e. The molecular weight excluding hydrogens is 508 g/mol. The van der Waals surface area contributed by atoms with Gasteiger partial charge in [0.05, 0.1) is 6.54 Å². The Kier molecular flexibility index (Phi) is 8.27. The van der Waals surface area contributed by atoms with Crippen LogP contribution in [0.15, 0.2) is 58.1 Å². The zero-order chi connectivity index (χ0) is 27.4. The number of para-hydroxylation sites is 1. The highest BCUT2D eigenvalue weighted by Gasteiger charge is 2.43. The van der Waals surface area contributed by atoms with Gasteiger partial charge in [-0.2, -0.15) is 8.42 Å². The first kappa shape index (κ1) is 27.5. The van der Waals surface area contributed by atoms with Crippen LogP contribution < -0.4 is 10.6 Å². The van der Waals surface area contributed by atoms with Crippen molar-refractivity contribution in [2.24, 2.45) is 5.92 Å². The highest BCUT2D eigenvalue weighted by Crippen LogP contribution is 2.26. The summed E-state index contributed by atoms with van der Waals surface area (Å²) in [5.74, 6) is -1.97. The number of benzene rings is 1. The van der Waals surface area contributed by atoms with Crippen LogP contribution in [-0.2, 0) is 19.6 Å². The van der Waals surface area contributed by atoms with E-state index in [-0.39, 0.29) is 36.1 Å². The average Bonchev–Trinajstić information content (AvgIpc) is 3.09. The first-order valence-electron chi connectivity index (χ1n) is 12.6. The third kappa shape index (κ3) is 5.63. The van der Waals surface area contributed by atoms with Crippen LogP contribution >= 0.6 is 0 Å². The van der Waals surface area contributed by atoms with Crippen molar-refractivity contribution in [3.63, 3.8) is 0 Å². The fourth-order valence-corrected chi connectivity index (χ4v) is 6.23. The van der Waals surface area contributed by atoms with Crippen LogP contribution in [0.1, 0.15) is 49.2 Å². The van der Waals surface area contributed by atoms with Crippen LogP contribution in [0.25, 0.3) is 11.0 Å². The predicted octanol–water partition coefficient (Wildman–Crippen LogP) is 2.82. The van der Waals surface area contributed by atoms with Crippen molar-refractivity contribution in [3.05, 3.63) is 60.0 Å². The van der Waals surface area contributed by atoms with E-state index in [1.54, 1.807) is 25.1 Å². The number of ketones is 1. The normalized spacial score (nSPS) is 17.3. The van der Waals surface area contributed by atoms with Gasteiger partial charge in [-0.05, 0) is 56.8 Å². The second-order valence-corrected chi connectivity index (χ2v) is 11.6. The molecule has 0 saturated carbocycles. The molecule has 10 nitrogen and oxygen atoms in total. The second kappa shape index (κ2) is 11.4. The molecule has 0 aliphatic carbocycles. The molecule has 2 atom stereocenters. The van der Waals surface area contributed by atoms with Gasteiger partial charge in [0.1, 0.15) is 17.7 Å². The molecule has 1 fully saturated rings. The summed E-state index contributed by atoms with van der Waals surface area (Å²) in [7, 11) is -4.51. The predicted molar refractivity (Wildman–Crippen MR) is 141 cm³/mol. The van der Waals surface area contributed by atoms with Crippen molar-refractivity contribution >= 4 is 38.6 Å². The van der Waals surface area contributed by atoms with Gasteiger partial charge in [-0.1, -0.05) is 38.1 Å². The smallest absolute Gasteiger partial charge is 0.287 e. The molecule has 0 bridgehead atoms. The monoisotopic (exact) mass is 540 g/mol. The Morgan fingerprint density at radius 1 is 1.18 bits per heavy atom. The fraction of sp³-hybridized carbons (Fsp3) is 0.407. The van der Waals surface area contributed by atoms with Gasteiger partial charge in [-0.25, -0.2) is 9.29 Å². The number of rotatable bonds is 8. The molecule has 2 amide bonds. The lowest BCUT2D eigenvalue weighted by Crippen LogP contribution is -2.56. The van der Waals surface area contributed by atoms with E-state index in [0.29, 0.717) is 28.4 Å². The molecule has 2 N–H and O–H groups in total. The summed E-state index contributed by atoms with van der Waals surface area (Å²) in [5.41, 5.74) is 1.13. The number of carbonyl (C=O) groups excluding carboxylic acids is 3. The second-order valence-electron chi connectivity index (χ2n) is 9.82. The van der Waals surface area contributed by atoms with Crippen LogP contribution in [0, 0.1) is 12.8 Å². The third-order valence-electron chi connectivity index (χ3n) is 6.52. The number of Topliss-reactive ketones (excluding diaryl/α,β-unsaturated/α-hetero) is 1. The highest BCUT2D eigenvalue weighted by atomic mass is 32.2. The van der Waals surface area contributed by atoms with Crippen molar-refractivity contribution in [3.8, 4) is 0 Å². The third-order valence-corrected chi connectivity index (χ3v) is 8.25. The number of aryl methyl sites for hydroxylation is 1. The Hall–Kier alpha value is -3.57. The summed E-state index contributed by atoms with van der Waals surface area (Å²) in [4.78, 5) is 44.4. The SMILES string of the molecule is Cc1c(C(=O)NC(CC(C)C)C(=O)N([C@H]2CCCNCC2=O)S(=O)(=O)c2ccccn2)oc2ccccc12. The van der Waals surface area contributed by atoms with Crippen LogP contribution in [0.4, 0.5) is 0 Å². The van der Waals surface area contributed by atoms with Crippen molar-refractivity contribution < 1.29 is 27.2 Å². The van der Waals surface area contributed by atoms with Crippen LogP contribution in [0.2, 0.25) is 0 Å². The van der Waals surface area contributed by atoms with E-state index in [9.17, 15) is 22.8 Å². The molecule has 1 aliphatic rings. The number of nitrogens with zero attached hydrogens (tertiary/aromatic N) is 2. The molecule has 11 heteroatoms. The molecule has 2 aromatic heterocycles. The van der Waals surface area contributed by atoms with Gasteiger partial charge < -0.3 is 15.1 Å². The highest BCUT2D eigenvalue weighted by molar-refractivity contribution is 7.89. The van der Waals surface area contributed by atoms with E-state index >= 15 is 0 Å². The lowest BCUT2D eigenvalue weighted by Gasteiger charge is -2.32. The molecule has 202 valence electrons. The zero-order valence-corrected chi connectivity index (χ0v) is 22.5. The molecule has 3 aromatic rings. The molecule has 1 unspecified atom stereocenters. The summed E-state index contributed by atoms with van der Waals surface area (Å²) in [6.45, 7) is 5.92. The number of carbonyl (C=O) groups is 3. The fourth-order valence-electron chi connectivity index (χ4n) is 4.66. The summed E-state index contributed by atoms with van der Waals surface area (Å²) < 4.78 is 34.0.